The molecule has 0 aliphatic heterocycles. The molecule has 0 atom stereocenters. The van der Waals surface area contributed by atoms with E-state index in [0.717, 1.165) is 0 Å². The Morgan fingerprint density at radius 1 is 1.24 bits per heavy atom. The number of nitrogens with zero attached hydrogens (tertiary/aromatic N) is 1. The van der Waals surface area contributed by atoms with Crippen molar-refractivity contribution in [3.63, 3.8) is 0 Å². The molecule has 0 saturated carbocycles. The molecular formula is C10H11F3N2O2. The zero-order valence-corrected chi connectivity index (χ0v) is 8.83. The van der Waals surface area contributed by atoms with Gasteiger partial charge < -0.3 is 5.32 Å². The summed E-state index contributed by atoms with van der Waals surface area (Å²) in [4.78, 5) is 9.81. The molecule has 0 radical (unpaired) electrons. The lowest BCUT2D eigenvalue weighted by Crippen LogP contribution is -2.10. The fourth-order valence-corrected chi connectivity index (χ4v) is 1.22. The molecule has 17 heavy (non-hydrogen) atoms. The van der Waals surface area contributed by atoms with Gasteiger partial charge in [-0.3, -0.25) is 10.1 Å². The van der Waals surface area contributed by atoms with Gasteiger partial charge in [-0.2, -0.15) is 13.2 Å². The summed E-state index contributed by atoms with van der Waals surface area (Å²) in [6.45, 7) is 0.178. The predicted molar refractivity (Wildman–Crippen MR) is 56.9 cm³/mol. The molecule has 0 aliphatic rings. The zero-order chi connectivity index (χ0) is 12.9. The Morgan fingerprint density at radius 2 is 1.82 bits per heavy atom. The second kappa shape index (κ2) is 5.51. The molecule has 4 nitrogen and oxygen atoms in total. The van der Waals surface area contributed by atoms with Gasteiger partial charge in [0.05, 0.1) is 4.92 Å². The van der Waals surface area contributed by atoms with Crippen LogP contribution < -0.4 is 5.32 Å². The Morgan fingerprint density at radius 3 is 2.29 bits per heavy atom. The molecule has 0 unspecified atom stereocenters. The van der Waals surface area contributed by atoms with Gasteiger partial charge in [-0.25, -0.2) is 0 Å². The van der Waals surface area contributed by atoms with Gasteiger partial charge in [-0.05, 0) is 18.6 Å². The van der Waals surface area contributed by atoms with E-state index in [1.54, 1.807) is 0 Å². The molecule has 0 saturated heterocycles. The van der Waals surface area contributed by atoms with Crippen molar-refractivity contribution in [3.05, 3.63) is 34.4 Å². The first-order valence-corrected chi connectivity index (χ1v) is 4.93. The van der Waals surface area contributed by atoms with Crippen molar-refractivity contribution >= 4 is 11.4 Å². The fourth-order valence-electron chi connectivity index (χ4n) is 1.22. The minimum Gasteiger partial charge on any atom is -0.385 e. The van der Waals surface area contributed by atoms with Gasteiger partial charge in [0.1, 0.15) is 0 Å². The number of alkyl halides is 3. The molecule has 94 valence electrons. The molecule has 0 amide bonds. The number of benzene rings is 1. The largest absolute Gasteiger partial charge is 0.389 e. The van der Waals surface area contributed by atoms with Crippen LogP contribution in [0.15, 0.2) is 24.3 Å². The molecule has 1 aromatic carbocycles. The number of nitrogens with one attached hydrogen (secondary N) is 1. The highest BCUT2D eigenvalue weighted by molar-refractivity contribution is 5.48. The topological polar surface area (TPSA) is 55.2 Å². The van der Waals surface area contributed by atoms with Crippen molar-refractivity contribution in [1.82, 2.24) is 0 Å². The minimum absolute atomic E-state index is 0.0273. The summed E-state index contributed by atoms with van der Waals surface area (Å²) >= 11 is 0. The van der Waals surface area contributed by atoms with Crippen LogP contribution in [-0.2, 0) is 0 Å². The molecule has 1 aromatic rings. The van der Waals surface area contributed by atoms with Gasteiger partial charge in [0, 0.05) is 30.8 Å². The first-order chi connectivity index (χ1) is 7.88. The number of hydrogen-bond acceptors (Lipinski definition) is 3. The van der Waals surface area contributed by atoms with E-state index in [2.05, 4.69) is 5.32 Å². The highest BCUT2D eigenvalue weighted by Crippen LogP contribution is 2.21. The van der Waals surface area contributed by atoms with Gasteiger partial charge >= 0.3 is 6.18 Å². The predicted octanol–water partition coefficient (Wildman–Crippen LogP) is 3.35. The van der Waals surface area contributed by atoms with E-state index in [4.69, 9.17) is 0 Å². The summed E-state index contributed by atoms with van der Waals surface area (Å²) in [5.74, 6) is 0. The number of anilines is 1. The van der Waals surface area contributed by atoms with Gasteiger partial charge in [0.25, 0.3) is 5.69 Å². The third kappa shape index (κ3) is 5.19. The molecule has 0 bridgehead atoms. The minimum atomic E-state index is -4.14. The molecule has 0 heterocycles. The summed E-state index contributed by atoms with van der Waals surface area (Å²) in [5, 5.41) is 13.1. The maximum atomic E-state index is 11.8. The Kier molecular flexibility index (Phi) is 4.30. The Hall–Kier alpha value is -1.79. The van der Waals surface area contributed by atoms with Gasteiger partial charge in [-0.15, -0.1) is 0 Å². The molecule has 1 rings (SSSR count). The second-order valence-corrected chi connectivity index (χ2v) is 3.45. The SMILES string of the molecule is O=[N+]([O-])c1ccc(NCCCC(F)(F)F)cc1. The summed E-state index contributed by atoms with van der Waals surface area (Å²) in [6, 6.07) is 5.52. The van der Waals surface area contributed by atoms with E-state index >= 15 is 0 Å². The maximum Gasteiger partial charge on any atom is 0.389 e. The average molecular weight is 248 g/mol. The maximum absolute atomic E-state index is 11.8. The normalized spacial score (nSPS) is 11.2. The standard InChI is InChI=1S/C10H11F3N2O2/c11-10(12,13)6-1-7-14-8-2-4-9(5-3-8)15(16)17/h2-5,14H,1,6-7H2. The monoisotopic (exact) mass is 248 g/mol. The van der Waals surface area contributed by atoms with Crippen LogP contribution >= 0.6 is 0 Å². The summed E-state index contributed by atoms with van der Waals surface area (Å²) in [6.07, 6.45) is -5.01. The van der Waals surface area contributed by atoms with Gasteiger partial charge in [0.2, 0.25) is 0 Å². The molecule has 0 aliphatic carbocycles. The molecule has 0 fully saturated rings. The molecule has 7 heteroatoms. The number of nitro benzene ring substituents is 1. The summed E-state index contributed by atoms with van der Waals surface area (Å²) < 4.78 is 35.5. The Balaban J connectivity index is 2.35. The van der Waals surface area contributed by atoms with E-state index in [1.165, 1.54) is 24.3 Å². The van der Waals surface area contributed by atoms with Crippen LogP contribution in [0.5, 0.6) is 0 Å². The van der Waals surface area contributed by atoms with Crippen molar-refractivity contribution in [3.8, 4) is 0 Å². The van der Waals surface area contributed by atoms with E-state index in [9.17, 15) is 23.3 Å². The van der Waals surface area contributed by atoms with Crippen LogP contribution in [0.3, 0.4) is 0 Å². The van der Waals surface area contributed by atoms with Crippen LogP contribution in [0, 0.1) is 10.1 Å². The first kappa shape index (κ1) is 13.3. The van der Waals surface area contributed by atoms with Crippen LogP contribution in [0.25, 0.3) is 0 Å². The van der Waals surface area contributed by atoms with Crippen molar-refractivity contribution in [2.75, 3.05) is 11.9 Å². The third-order valence-electron chi connectivity index (χ3n) is 2.04. The Bertz CT molecular complexity index is 376. The lowest BCUT2D eigenvalue weighted by Gasteiger charge is -2.08. The number of rotatable bonds is 5. The highest BCUT2D eigenvalue weighted by atomic mass is 19.4. The van der Waals surface area contributed by atoms with E-state index in [-0.39, 0.29) is 18.7 Å². The Labute approximate surface area is 95.6 Å². The van der Waals surface area contributed by atoms with E-state index in [1.807, 2.05) is 0 Å². The lowest BCUT2D eigenvalue weighted by atomic mass is 10.2. The third-order valence-corrected chi connectivity index (χ3v) is 2.04. The van der Waals surface area contributed by atoms with Crippen molar-refractivity contribution < 1.29 is 18.1 Å². The van der Waals surface area contributed by atoms with Crippen molar-refractivity contribution in [2.45, 2.75) is 19.0 Å². The van der Waals surface area contributed by atoms with Crippen molar-refractivity contribution in [1.29, 1.82) is 0 Å². The highest BCUT2D eigenvalue weighted by Gasteiger charge is 2.25. The second-order valence-electron chi connectivity index (χ2n) is 3.45. The van der Waals surface area contributed by atoms with Gasteiger partial charge in [0.15, 0.2) is 0 Å². The molecule has 0 spiro atoms. The van der Waals surface area contributed by atoms with Crippen LogP contribution in [0.2, 0.25) is 0 Å². The number of nitro groups is 1. The summed E-state index contributed by atoms with van der Waals surface area (Å²) in [5.41, 5.74) is 0.517. The quantitative estimate of drug-likeness (QED) is 0.494. The number of halogens is 3. The van der Waals surface area contributed by atoms with Gasteiger partial charge in [-0.1, -0.05) is 0 Å². The van der Waals surface area contributed by atoms with E-state index in [0.29, 0.717) is 5.69 Å². The first-order valence-electron chi connectivity index (χ1n) is 4.93. The zero-order valence-electron chi connectivity index (χ0n) is 8.83. The molecule has 1 N–H and O–H groups in total. The van der Waals surface area contributed by atoms with Crippen LogP contribution in [-0.4, -0.2) is 17.6 Å². The number of non-ortho nitro benzene ring substituents is 1. The summed E-state index contributed by atoms with van der Waals surface area (Å²) in [7, 11) is 0. The van der Waals surface area contributed by atoms with Crippen molar-refractivity contribution in [2.24, 2.45) is 0 Å². The van der Waals surface area contributed by atoms with E-state index < -0.39 is 17.5 Å². The smallest absolute Gasteiger partial charge is 0.385 e. The van der Waals surface area contributed by atoms with Crippen LogP contribution in [0.1, 0.15) is 12.8 Å². The van der Waals surface area contributed by atoms with Crippen LogP contribution in [0.4, 0.5) is 24.5 Å². The average Bonchev–Trinajstić information content (AvgIpc) is 2.24. The molecular weight excluding hydrogens is 237 g/mol. The molecule has 0 aromatic heterocycles. The fraction of sp³-hybridized carbons (Fsp3) is 0.400. The number of hydrogen-bond donors (Lipinski definition) is 1. The lowest BCUT2D eigenvalue weighted by molar-refractivity contribution is -0.384.